The molecule has 2 heterocycles. The number of carbonyl (C=O) groups excluding carboxylic acids is 1. The van der Waals surface area contributed by atoms with E-state index >= 15 is 0 Å². The molecular weight excluding hydrogens is 270 g/mol. The van der Waals surface area contributed by atoms with Crippen LogP contribution in [-0.2, 0) is 19.1 Å². The highest BCUT2D eigenvalue weighted by Gasteiger charge is 2.44. The number of nitrogens with zero attached hydrogens (tertiary/aromatic N) is 1. The highest BCUT2D eigenvalue weighted by atomic mass is 32.2. The van der Waals surface area contributed by atoms with Crippen LogP contribution in [0.1, 0.15) is 13.8 Å². The van der Waals surface area contributed by atoms with Crippen LogP contribution in [0.5, 0.6) is 0 Å². The Morgan fingerprint density at radius 2 is 2.21 bits per heavy atom. The van der Waals surface area contributed by atoms with E-state index in [1.54, 1.807) is 0 Å². The maximum absolute atomic E-state index is 12.4. The third-order valence-corrected chi connectivity index (χ3v) is 4.61. The first kappa shape index (κ1) is 14.0. The average Bonchev–Trinajstić information content (AvgIpc) is 2.83. The summed E-state index contributed by atoms with van der Waals surface area (Å²) in [5.74, 6) is -0.732. The summed E-state index contributed by atoms with van der Waals surface area (Å²) in [6, 6.07) is -0.809. The van der Waals surface area contributed by atoms with E-state index in [1.807, 2.05) is 13.8 Å². The van der Waals surface area contributed by atoms with Crippen molar-refractivity contribution in [1.82, 2.24) is 4.90 Å². The van der Waals surface area contributed by atoms with Gasteiger partial charge in [0, 0.05) is 5.75 Å². The van der Waals surface area contributed by atoms with Crippen LogP contribution < -0.4 is 0 Å². The zero-order valence-corrected chi connectivity index (χ0v) is 11.7. The Balaban J connectivity index is 2.22. The fourth-order valence-electron chi connectivity index (χ4n) is 2.10. The number of aliphatic carboxylic acids is 1. The minimum Gasteiger partial charge on any atom is -0.494 e. The summed E-state index contributed by atoms with van der Waals surface area (Å²) in [4.78, 5) is 25.1. The molecule has 0 aliphatic carbocycles. The molecule has 2 atom stereocenters. The quantitative estimate of drug-likeness (QED) is 0.830. The summed E-state index contributed by atoms with van der Waals surface area (Å²) < 4.78 is 10.3. The molecule has 0 radical (unpaired) electrons. The largest absolute Gasteiger partial charge is 0.494 e. The van der Waals surface area contributed by atoms with E-state index in [0.29, 0.717) is 19.0 Å². The summed E-state index contributed by atoms with van der Waals surface area (Å²) >= 11 is 1.49. The van der Waals surface area contributed by atoms with Crippen LogP contribution >= 0.6 is 11.8 Å². The predicted molar refractivity (Wildman–Crippen MR) is 69.3 cm³/mol. The molecule has 0 aromatic rings. The van der Waals surface area contributed by atoms with Gasteiger partial charge in [0.15, 0.2) is 0 Å². The number of amides is 1. The average molecular weight is 287 g/mol. The van der Waals surface area contributed by atoms with E-state index in [1.165, 1.54) is 22.9 Å². The summed E-state index contributed by atoms with van der Waals surface area (Å²) in [7, 11) is 0. The molecule has 0 saturated carbocycles. The van der Waals surface area contributed by atoms with Gasteiger partial charge in [-0.1, -0.05) is 13.8 Å². The van der Waals surface area contributed by atoms with Crippen molar-refractivity contribution in [2.24, 2.45) is 5.92 Å². The molecular formula is C12H17NO5S. The lowest BCUT2D eigenvalue weighted by molar-refractivity contribution is -0.149. The van der Waals surface area contributed by atoms with Crippen molar-refractivity contribution in [2.75, 3.05) is 19.0 Å². The van der Waals surface area contributed by atoms with Crippen LogP contribution in [-0.4, -0.2) is 52.3 Å². The first-order chi connectivity index (χ1) is 9.02. The zero-order chi connectivity index (χ0) is 14.0. The third-order valence-electron chi connectivity index (χ3n) is 2.98. The molecule has 1 N–H and O–H groups in total. The van der Waals surface area contributed by atoms with Crippen molar-refractivity contribution < 1.29 is 24.2 Å². The van der Waals surface area contributed by atoms with Crippen molar-refractivity contribution >= 4 is 23.6 Å². The van der Waals surface area contributed by atoms with Gasteiger partial charge in [0.1, 0.15) is 25.5 Å². The molecule has 1 saturated heterocycles. The number of thioether (sulfide) groups is 1. The molecule has 1 fully saturated rings. The minimum absolute atomic E-state index is 0.0886. The van der Waals surface area contributed by atoms with Crippen LogP contribution in [0.15, 0.2) is 12.0 Å². The van der Waals surface area contributed by atoms with Crippen molar-refractivity contribution in [3.63, 3.8) is 0 Å². The monoisotopic (exact) mass is 287 g/mol. The number of rotatable bonds is 3. The summed E-state index contributed by atoms with van der Waals surface area (Å²) in [5.41, 5.74) is 0. The molecule has 2 aliphatic heterocycles. The number of carboxylic acids is 1. The van der Waals surface area contributed by atoms with E-state index in [0.717, 1.165) is 0 Å². The Labute approximate surface area is 115 Å². The molecule has 6 nitrogen and oxygen atoms in total. The van der Waals surface area contributed by atoms with E-state index in [-0.39, 0.29) is 17.1 Å². The van der Waals surface area contributed by atoms with Gasteiger partial charge >= 0.3 is 5.97 Å². The lowest BCUT2D eigenvalue weighted by Crippen LogP contribution is -2.48. The smallest absolute Gasteiger partial charge is 0.327 e. The van der Waals surface area contributed by atoms with Crippen molar-refractivity contribution in [2.45, 2.75) is 25.3 Å². The van der Waals surface area contributed by atoms with Crippen LogP contribution in [0.3, 0.4) is 0 Å². The lowest BCUT2D eigenvalue weighted by Gasteiger charge is -2.30. The van der Waals surface area contributed by atoms with Crippen molar-refractivity contribution in [1.29, 1.82) is 0 Å². The lowest BCUT2D eigenvalue weighted by atomic mass is 10.1. The molecule has 2 unspecified atom stereocenters. The van der Waals surface area contributed by atoms with Crippen molar-refractivity contribution in [3.05, 3.63) is 12.0 Å². The van der Waals surface area contributed by atoms with E-state index in [2.05, 4.69) is 0 Å². The van der Waals surface area contributed by atoms with Crippen LogP contribution in [0.25, 0.3) is 0 Å². The Hall–Kier alpha value is -1.37. The predicted octanol–water partition coefficient (Wildman–Crippen LogP) is 0.885. The summed E-state index contributed by atoms with van der Waals surface area (Å²) in [6.45, 7) is 4.65. The van der Waals surface area contributed by atoms with Gasteiger partial charge < -0.3 is 19.5 Å². The fraction of sp³-hybridized carbons (Fsp3) is 0.667. The fourth-order valence-corrected chi connectivity index (χ4v) is 3.57. The van der Waals surface area contributed by atoms with Gasteiger partial charge in [0.2, 0.25) is 5.76 Å². The minimum atomic E-state index is -0.985. The Morgan fingerprint density at radius 3 is 2.74 bits per heavy atom. The zero-order valence-electron chi connectivity index (χ0n) is 10.9. The van der Waals surface area contributed by atoms with Crippen LogP contribution in [0, 0.1) is 5.92 Å². The second kappa shape index (κ2) is 5.73. The second-order valence-electron chi connectivity index (χ2n) is 4.74. The van der Waals surface area contributed by atoms with Gasteiger partial charge in [0.05, 0.1) is 5.37 Å². The summed E-state index contributed by atoms with van der Waals surface area (Å²) in [6.07, 6.45) is 1.27. The Kier molecular flexibility index (Phi) is 4.24. The first-order valence-corrected chi connectivity index (χ1v) is 7.19. The molecule has 106 valence electrons. The van der Waals surface area contributed by atoms with Gasteiger partial charge in [-0.05, 0) is 5.92 Å². The number of ether oxygens (including phenoxy) is 2. The normalized spacial score (nSPS) is 26.7. The number of carboxylic acid groups (broad SMARTS) is 1. The molecule has 0 aromatic carbocycles. The standard InChI is InChI=1S/C12H17NO5S/c1-7(2)11-13(8(6-19-11)12(15)16)10(14)9-5-17-3-4-18-9/h5,7-8,11H,3-4,6H2,1-2H3,(H,15,16). The SMILES string of the molecule is CC(C)C1SCC(C(=O)O)N1C(=O)C1=COCCO1. The molecule has 1 amide bonds. The highest BCUT2D eigenvalue weighted by Crippen LogP contribution is 2.35. The van der Waals surface area contributed by atoms with E-state index < -0.39 is 17.9 Å². The molecule has 0 aromatic heterocycles. The van der Waals surface area contributed by atoms with Crippen LogP contribution in [0.4, 0.5) is 0 Å². The molecule has 2 aliphatic rings. The van der Waals surface area contributed by atoms with Gasteiger partial charge in [-0.25, -0.2) is 4.79 Å². The number of hydrogen-bond acceptors (Lipinski definition) is 5. The number of carbonyl (C=O) groups is 2. The van der Waals surface area contributed by atoms with Gasteiger partial charge in [-0.3, -0.25) is 4.79 Å². The second-order valence-corrected chi connectivity index (χ2v) is 5.89. The van der Waals surface area contributed by atoms with Gasteiger partial charge in [-0.2, -0.15) is 0 Å². The maximum Gasteiger partial charge on any atom is 0.327 e. The number of hydrogen-bond donors (Lipinski definition) is 1. The van der Waals surface area contributed by atoms with Crippen molar-refractivity contribution in [3.8, 4) is 0 Å². The Bertz CT molecular complexity index is 409. The van der Waals surface area contributed by atoms with Gasteiger partial charge in [0.25, 0.3) is 5.91 Å². The third kappa shape index (κ3) is 2.80. The van der Waals surface area contributed by atoms with Gasteiger partial charge in [-0.15, -0.1) is 11.8 Å². The van der Waals surface area contributed by atoms with E-state index in [9.17, 15) is 14.7 Å². The first-order valence-electron chi connectivity index (χ1n) is 6.14. The molecule has 0 bridgehead atoms. The molecule has 19 heavy (non-hydrogen) atoms. The van der Waals surface area contributed by atoms with Crippen LogP contribution in [0.2, 0.25) is 0 Å². The maximum atomic E-state index is 12.4. The Morgan fingerprint density at radius 1 is 1.47 bits per heavy atom. The van der Waals surface area contributed by atoms with E-state index in [4.69, 9.17) is 9.47 Å². The highest BCUT2D eigenvalue weighted by molar-refractivity contribution is 8.00. The summed E-state index contributed by atoms with van der Waals surface area (Å²) in [5, 5.41) is 9.08. The molecule has 2 rings (SSSR count). The topological polar surface area (TPSA) is 76.1 Å². The molecule has 0 spiro atoms. The molecule has 7 heteroatoms.